The van der Waals surface area contributed by atoms with E-state index in [2.05, 4.69) is 16.5 Å². The van der Waals surface area contributed by atoms with Gasteiger partial charge in [0.15, 0.2) is 0 Å². The van der Waals surface area contributed by atoms with Gasteiger partial charge in [0.2, 0.25) is 0 Å². The fourth-order valence-corrected chi connectivity index (χ4v) is 3.51. The quantitative estimate of drug-likeness (QED) is 0.849. The number of aryl methyl sites for hydroxylation is 1. The normalized spacial score (nSPS) is 17.8. The molecule has 0 unspecified atom stereocenters. The molecule has 0 bridgehead atoms. The van der Waals surface area contributed by atoms with E-state index in [1.807, 2.05) is 17.3 Å². The molecule has 2 aromatic rings. The van der Waals surface area contributed by atoms with Crippen LogP contribution >= 0.6 is 11.6 Å². The molecule has 0 spiro atoms. The number of rotatable bonds is 4. The molecular formula is C18H22ClN3O2. The summed E-state index contributed by atoms with van der Waals surface area (Å²) in [7, 11) is 1.57. The lowest BCUT2D eigenvalue weighted by Crippen LogP contribution is -2.40. The number of nitrogens with zero attached hydrogens (tertiary/aromatic N) is 3. The standard InChI is InChI=1S/C18H22ClN3O2/c1-3-21-10-8-20-17(21)13-5-4-9-22(12-13)18(23)15-11-14(19)6-7-16(15)24-2/h6-8,10-11,13H,3-5,9,12H2,1-2H3/t13-/m0/s1. The Balaban J connectivity index is 1.82. The summed E-state index contributed by atoms with van der Waals surface area (Å²) >= 11 is 6.07. The number of hydrogen-bond acceptors (Lipinski definition) is 3. The average molecular weight is 348 g/mol. The van der Waals surface area contributed by atoms with Crippen molar-refractivity contribution >= 4 is 17.5 Å². The van der Waals surface area contributed by atoms with Gasteiger partial charge in [-0.15, -0.1) is 0 Å². The van der Waals surface area contributed by atoms with E-state index >= 15 is 0 Å². The highest BCUT2D eigenvalue weighted by Crippen LogP contribution is 2.29. The maximum absolute atomic E-state index is 13.0. The number of halogens is 1. The van der Waals surface area contributed by atoms with Crippen molar-refractivity contribution in [1.82, 2.24) is 14.5 Å². The average Bonchev–Trinajstić information content (AvgIpc) is 3.10. The van der Waals surface area contributed by atoms with Crippen LogP contribution in [-0.2, 0) is 6.54 Å². The second-order valence-corrected chi connectivity index (χ2v) is 6.44. The first-order valence-electron chi connectivity index (χ1n) is 8.28. The lowest BCUT2D eigenvalue weighted by molar-refractivity contribution is 0.0700. The van der Waals surface area contributed by atoms with Crippen LogP contribution in [0.3, 0.4) is 0 Å². The Hall–Kier alpha value is -2.01. The summed E-state index contributed by atoms with van der Waals surface area (Å²) in [6.45, 7) is 4.42. The van der Waals surface area contributed by atoms with Gasteiger partial charge in [-0.25, -0.2) is 4.98 Å². The molecule has 1 fully saturated rings. The molecule has 1 amide bonds. The van der Waals surface area contributed by atoms with E-state index in [-0.39, 0.29) is 11.8 Å². The molecule has 0 saturated carbocycles. The number of ether oxygens (including phenoxy) is 1. The minimum absolute atomic E-state index is 0.0337. The third-order valence-electron chi connectivity index (χ3n) is 4.55. The first-order chi connectivity index (χ1) is 11.6. The summed E-state index contributed by atoms with van der Waals surface area (Å²) in [4.78, 5) is 19.4. The van der Waals surface area contributed by atoms with E-state index in [0.29, 0.717) is 22.9 Å². The highest BCUT2D eigenvalue weighted by molar-refractivity contribution is 6.31. The first kappa shape index (κ1) is 16.8. The summed E-state index contributed by atoms with van der Waals surface area (Å²) < 4.78 is 7.48. The minimum atomic E-state index is -0.0337. The lowest BCUT2D eigenvalue weighted by Gasteiger charge is -2.33. The zero-order valence-electron chi connectivity index (χ0n) is 14.0. The molecule has 1 aromatic carbocycles. The van der Waals surface area contributed by atoms with Gasteiger partial charge in [-0.05, 0) is 38.0 Å². The fraction of sp³-hybridized carbons (Fsp3) is 0.444. The Bertz CT molecular complexity index is 729. The minimum Gasteiger partial charge on any atom is -0.496 e. The largest absolute Gasteiger partial charge is 0.496 e. The predicted octanol–water partition coefficient (Wildman–Crippen LogP) is 3.58. The third kappa shape index (κ3) is 3.26. The number of benzene rings is 1. The number of piperidine rings is 1. The summed E-state index contributed by atoms with van der Waals surface area (Å²) in [5.74, 6) is 1.85. The first-order valence-corrected chi connectivity index (χ1v) is 8.65. The number of aromatic nitrogens is 2. The van der Waals surface area contributed by atoms with Gasteiger partial charge in [-0.1, -0.05) is 11.6 Å². The van der Waals surface area contributed by atoms with Crippen molar-refractivity contribution in [3.8, 4) is 5.75 Å². The smallest absolute Gasteiger partial charge is 0.257 e. The van der Waals surface area contributed by atoms with Gasteiger partial charge in [0.25, 0.3) is 5.91 Å². The van der Waals surface area contributed by atoms with Crippen molar-refractivity contribution in [2.75, 3.05) is 20.2 Å². The highest BCUT2D eigenvalue weighted by atomic mass is 35.5. The number of imidazole rings is 1. The Morgan fingerprint density at radius 2 is 2.29 bits per heavy atom. The van der Waals surface area contributed by atoms with Gasteiger partial charge in [0.05, 0.1) is 12.7 Å². The van der Waals surface area contributed by atoms with Gasteiger partial charge < -0.3 is 14.2 Å². The summed E-state index contributed by atoms with van der Waals surface area (Å²) in [6.07, 6.45) is 5.85. The van der Waals surface area contributed by atoms with Crippen LogP contribution in [0.15, 0.2) is 30.6 Å². The van der Waals surface area contributed by atoms with E-state index in [9.17, 15) is 4.79 Å². The predicted molar refractivity (Wildman–Crippen MR) is 93.8 cm³/mol. The molecular weight excluding hydrogens is 326 g/mol. The molecule has 1 aromatic heterocycles. The van der Waals surface area contributed by atoms with Crippen LogP contribution in [0, 0.1) is 0 Å². The van der Waals surface area contributed by atoms with E-state index in [1.165, 1.54) is 0 Å². The zero-order valence-corrected chi connectivity index (χ0v) is 14.8. The van der Waals surface area contributed by atoms with Crippen molar-refractivity contribution in [2.45, 2.75) is 32.2 Å². The van der Waals surface area contributed by atoms with Crippen LogP contribution in [0.4, 0.5) is 0 Å². The second-order valence-electron chi connectivity index (χ2n) is 6.01. The van der Waals surface area contributed by atoms with Crippen molar-refractivity contribution in [2.24, 2.45) is 0 Å². The molecule has 1 saturated heterocycles. The van der Waals surface area contributed by atoms with Gasteiger partial charge in [0.1, 0.15) is 11.6 Å². The van der Waals surface area contributed by atoms with Gasteiger partial charge in [-0.2, -0.15) is 0 Å². The van der Waals surface area contributed by atoms with Gasteiger partial charge in [0, 0.05) is 43.0 Å². The molecule has 1 aliphatic heterocycles. The molecule has 1 aliphatic rings. The maximum atomic E-state index is 13.0. The van der Waals surface area contributed by atoms with Crippen molar-refractivity contribution in [1.29, 1.82) is 0 Å². The molecule has 5 nitrogen and oxygen atoms in total. The van der Waals surface area contributed by atoms with Gasteiger partial charge in [-0.3, -0.25) is 4.79 Å². The molecule has 2 heterocycles. The summed E-state index contributed by atoms with van der Waals surface area (Å²) in [5, 5.41) is 0.536. The summed E-state index contributed by atoms with van der Waals surface area (Å²) in [6, 6.07) is 5.15. The Morgan fingerprint density at radius 3 is 3.04 bits per heavy atom. The van der Waals surface area contributed by atoms with Crippen LogP contribution in [-0.4, -0.2) is 40.6 Å². The molecule has 1 atom stereocenters. The molecule has 0 N–H and O–H groups in total. The van der Waals surface area contributed by atoms with Crippen molar-refractivity contribution in [3.05, 3.63) is 47.0 Å². The van der Waals surface area contributed by atoms with Crippen LogP contribution in [0.25, 0.3) is 0 Å². The number of methoxy groups -OCH3 is 1. The topological polar surface area (TPSA) is 47.4 Å². The van der Waals surface area contributed by atoms with Crippen LogP contribution < -0.4 is 4.74 Å². The lowest BCUT2D eigenvalue weighted by atomic mass is 9.96. The summed E-state index contributed by atoms with van der Waals surface area (Å²) in [5.41, 5.74) is 0.518. The van der Waals surface area contributed by atoms with E-state index in [0.717, 1.165) is 31.8 Å². The number of carbonyl (C=O) groups excluding carboxylic acids is 1. The molecule has 0 aliphatic carbocycles. The fourth-order valence-electron chi connectivity index (χ4n) is 3.34. The maximum Gasteiger partial charge on any atom is 0.257 e. The Labute approximate surface area is 147 Å². The number of likely N-dealkylation sites (tertiary alicyclic amines) is 1. The SMILES string of the molecule is CCn1ccnc1[C@H]1CCCN(C(=O)c2cc(Cl)ccc2OC)C1. The number of carbonyl (C=O) groups is 1. The second kappa shape index (κ2) is 7.26. The molecule has 6 heteroatoms. The molecule has 128 valence electrons. The monoisotopic (exact) mass is 347 g/mol. The third-order valence-corrected chi connectivity index (χ3v) is 4.79. The van der Waals surface area contributed by atoms with Gasteiger partial charge >= 0.3 is 0 Å². The zero-order chi connectivity index (χ0) is 17.1. The van der Waals surface area contributed by atoms with Crippen molar-refractivity contribution in [3.63, 3.8) is 0 Å². The highest BCUT2D eigenvalue weighted by Gasteiger charge is 2.29. The number of amides is 1. The van der Waals surface area contributed by atoms with Crippen molar-refractivity contribution < 1.29 is 9.53 Å². The van der Waals surface area contributed by atoms with E-state index < -0.39 is 0 Å². The van der Waals surface area contributed by atoms with Crippen LogP contribution in [0.2, 0.25) is 5.02 Å². The molecule has 0 radical (unpaired) electrons. The molecule has 3 rings (SSSR count). The number of hydrogen-bond donors (Lipinski definition) is 0. The molecule has 24 heavy (non-hydrogen) atoms. The van der Waals surface area contributed by atoms with E-state index in [1.54, 1.807) is 25.3 Å². The Kier molecular flexibility index (Phi) is 5.09. The van der Waals surface area contributed by atoms with E-state index in [4.69, 9.17) is 16.3 Å². The Morgan fingerprint density at radius 1 is 1.46 bits per heavy atom. The van der Waals surface area contributed by atoms with Crippen LogP contribution in [0.5, 0.6) is 5.75 Å². The van der Waals surface area contributed by atoms with Crippen LogP contribution in [0.1, 0.15) is 41.9 Å².